The minimum Gasteiger partial charge on any atom is -0.495 e. The molecule has 0 spiro atoms. The summed E-state index contributed by atoms with van der Waals surface area (Å²) >= 11 is 0.401. The zero-order valence-electron chi connectivity index (χ0n) is 13.3. The van der Waals surface area contributed by atoms with Crippen molar-refractivity contribution in [1.82, 2.24) is 0 Å². The molecule has 0 heterocycles. The average Bonchev–Trinajstić information content (AvgIpc) is 2.54. The van der Waals surface area contributed by atoms with Crippen LogP contribution in [-0.2, 0) is 4.79 Å². The first-order valence-corrected chi connectivity index (χ1v) is 8.09. The first kappa shape index (κ1) is 18.1. The van der Waals surface area contributed by atoms with Gasteiger partial charge in [-0.05, 0) is 36.8 Å². The fourth-order valence-corrected chi connectivity index (χ4v) is 2.69. The molecule has 0 radical (unpaired) electrons. The number of ether oxygens (including phenoxy) is 1. The van der Waals surface area contributed by atoms with Gasteiger partial charge in [-0.15, -0.1) is 0 Å². The minimum absolute atomic E-state index is 0.00646. The Kier molecular flexibility index (Phi) is 6.43. The van der Waals surface area contributed by atoms with Crippen LogP contribution in [0.4, 0.5) is 20.2 Å². The molecule has 128 valence electrons. The number of thioether (sulfide) groups is 1. The van der Waals surface area contributed by atoms with Crippen LogP contribution in [0, 0.1) is 6.92 Å². The van der Waals surface area contributed by atoms with Crippen LogP contribution >= 0.6 is 11.8 Å². The van der Waals surface area contributed by atoms with Crippen molar-refractivity contribution in [2.75, 3.05) is 24.3 Å². The highest BCUT2D eigenvalue weighted by molar-refractivity contribution is 7.99. The van der Waals surface area contributed by atoms with E-state index in [4.69, 9.17) is 4.74 Å². The molecule has 7 heteroatoms. The summed E-state index contributed by atoms with van der Waals surface area (Å²) in [4.78, 5) is 12.4. The maximum absolute atomic E-state index is 12.6. The Morgan fingerprint density at radius 2 is 1.96 bits per heavy atom. The van der Waals surface area contributed by atoms with E-state index in [1.807, 2.05) is 25.1 Å². The Balaban J connectivity index is 2.01. The Bertz CT molecular complexity index is 711. The molecule has 2 rings (SSSR count). The van der Waals surface area contributed by atoms with Crippen molar-refractivity contribution >= 4 is 29.0 Å². The number of benzene rings is 2. The molecule has 0 aliphatic carbocycles. The highest BCUT2D eigenvalue weighted by Crippen LogP contribution is 2.31. The maximum atomic E-state index is 12.6. The summed E-state index contributed by atoms with van der Waals surface area (Å²) < 4.78 is 30.3. The molecule has 0 atom stereocenters. The first-order chi connectivity index (χ1) is 11.5. The van der Waals surface area contributed by atoms with Gasteiger partial charge in [0.15, 0.2) is 0 Å². The largest absolute Gasteiger partial charge is 0.495 e. The number of halogens is 2. The average molecular weight is 352 g/mol. The van der Waals surface area contributed by atoms with Crippen LogP contribution in [0.2, 0.25) is 0 Å². The lowest BCUT2D eigenvalue weighted by molar-refractivity contribution is -0.114. The van der Waals surface area contributed by atoms with Crippen LogP contribution in [-0.4, -0.2) is 25.3 Å². The van der Waals surface area contributed by atoms with Crippen molar-refractivity contribution in [3.8, 4) is 5.75 Å². The van der Waals surface area contributed by atoms with E-state index in [9.17, 15) is 13.6 Å². The number of anilines is 2. The first-order valence-electron chi connectivity index (χ1n) is 7.22. The summed E-state index contributed by atoms with van der Waals surface area (Å²) in [7, 11) is 1.55. The molecule has 0 aliphatic rings. The fraction of sp³-hybridized carbons (Fsp3) is 0.235. The molecule has 2 aromatic carbocycles. The van der Waals surface area contributed by atoms with E-state index in [1.54, 1.807) is 31.4 Å². The van der Waals surface area contributed by atoms with Crippen LogP contribution in [0.15, 0.2) is 47.4 Å². The smallest absolute Gasteiger partial charge is 0.288 e. The van der Waals surface area contributed by atoms with Crippen molar-refractivity contribution in [3.05, 3.63) is 48.0 Å². The predicted octanol–water partition coefficient (Wildman–Crippen LogP) is 4.37. The SMILES string of the molecule is COc1ccc(C)cc1NCC(=O)Nc1ccccc1SC(F)F. The molecule has 4 nitrogen and oxygen atoms in total. The number of para-hydroxylation sites is 1. The molecule has 0 aromatic heterocycles. The number of carbonyl (C=O) groups excluding carboxylic acids is 1. The number of rotatable bonds is 7. The van der Waals surface area contributed by atoms with E-state index >= 15 is 0 Å². The van der Waals surface area contributed by atoms with Crippen molar-refractivity contribution < 1.29 is 18.3 Å². The number of alkyl halides is 2. The maximum Gasteiger partial charge on any atom is 0.288 e. The lowest BCUT2D eigenvalue weighted by Crippen LogP contribution is -2.22. The van der Waals surface area contributed by atoms with Crippen LogP contribution in [0.5, 0.6) is 5.75 Å². The van der Waals surface area contributed by atoms with Gasteiger partial charge in [-0.3, -0.25) is 4.79 Å². The Labute approximate surface area is 143 Å². The Hall–Kier alpha value is -2.28. The summed E-state index contributed by atoms with van der Waals surface area (Å²) in [5.74, 6) is -2.25. The number of nitrogens with one attached hydrogen (secondary N) is 2. The third-order valence-corrected chi connectivity index (χ3v) is 3.96. The van der Waals surface area contributed by atoms with E-state index in [0.717, 1.165) is 5.56 Å². The lowest BCUT2D eigenvalue weighted by atomic mass is 10.2. The topological polar surface area (TPSA) is 50.4 Å². The molecule has 0 unspecified atom stereocenters. The highest BCUT2D eigenvalue weighted by Gasteiger charge is 2.12. The molecule has 2 N–H and O–H groups in total. The lowest BCUT2D eigenvalue weighted by Gasteiger charge is -2.13. The summed E-state index contributed by atoms with van der Waals surface area (Å²) in [6.45, 7) is 1.93. The van der Waals surface area contributed by atoms with Crippen molar-refractivity contribution in [2.24, 2.45) is 0 Å². The summed E-state index contributed by atoms with van der Waals surface area (Å²) in [5.41, 5.74) is 2.09. The molecule has 0 aliphatic heterocycles. The van der Waals surface area contributed by atoms with E-state index in [2.05, 4.69) is 10.6 Å². The van der Waals surface area contributed by atoms with Crippen LogP contribution in [0.25, 0.3) is 0 Å². The zero-order valence-corrected chi connectivity index (χ0v) is 14.1. The number of hydrogen-bond acceptors (Lipinski definition) is 4. The van der Waals surface area contributed by atoms with E-state index in [-0.39, 0.29) is 12.5 Å². The van der Waals surface area contributed by atoms with Gasteiger partial charge in [0, 0.05) is 4.90 Å². The van der Waals surface area contributed by atoms with Crippen molar-refractivity contribution in [2.45, 2.75) is 17.6 Å². The number of amides is 1. The zero-order chi connectivity index (χ0) is 17.5. The fourth-order valence-electron chi connectivity index (χ4n) is 2.10. The quantitative estimate of drug-likeness (QED) is 0.727. The van der Waals surface area contributed by atoms with Crippen molar-refractivity contribution in [3.63, 3.8) is 0 Å². The molecule has 2 aromatic rings. The van der Waals surface area contributed by atoms with Gasteiger partial charge in [0.05, 0.1) is 25.0 Å². The molecule has 0 bridgehead atoms. The summed E-state index contributed by atoms with van der Waals surface area (Å²) in [5, 5.41) is 5.64. The normalized spacial score (nSPS) is 10.5. The van der Waals surface area contributed by atoms with E-state index in [1.165, 1.54) is 0 Å². The highest BCUT2D eigenvalue weighted by atomic mass is 32.2. The van der Waals surface area contributed by atoms with Gasteiger partial charge in [-0.1, -0.05) is 30.0 Å². The molecular weight excluding hydrogens is 334 g/mol. The summed E-state index contributed by atoms with van der Waals surface area (Å²) in [6, 6.07) is 12.1. The monoisotopic (exact) mass is 352 g/mol. The Morgan fingerprint density at radius 3 is 2.67 bits per heavy atom. The molecule has 0 saturated carbocycles. The molecule has 0 fully saturated rings. The number of methoxy groups -OCH3 is 1. The number of hydrogen-bond donors (Lipinski definition) is 2. The number of carbonyl (C=O) groups is 1. The Morgan fingerprint density at radius 1 is 1.21 bits per heavy atom. The second-order valence-electron chi connectivity index (χ2n) is 4.98. The summed E-state index contributed by atoms with van der Waals surface area (Å²) in [6.07, 6.45) is 0. The van der Waals surface area contributed by atoms with Crippen molar-refractivity contribution in [1.29, 1.82) is 0 Å². The standard InChI is InChI=1S/C17H18F2N2O2S/c1-11-7-8-14(23-2)13(9-11)20-10-16(22)21-12-5-3-4-6-15(12)24-17(18)19/h3-9,17,20H,10H2,1-2H3,(H,21,22). The number of aryl methyl sites for hydroxylation is 1. The van der Waals surface area contributed by atoms with Crippen LogP contribution in [0.1, 0.15) is 5.56 Å². The van der Waals surface area contributed by atoms with Crippen LogP contribution < -0.4 is 15.4 Å². The third kappa shape index (κ3) is 5.13. The second-order valence-corrected chi connectivity index (χ2v) is 6.01. The van der Waals surface area contributed by atoms with Gasteiger partial charge >= 0.3 is 0 Å². The predicted molar refractivity (Wildman–Crippen MR) is 93.2 cm³/mol. The third-order valence-electron chi connectivity index (χ3n) is 3.17. The molecular formula is C17H18F2N2O2S. The van der Waals surface area contributed by atoms with Gasteiger partial charge in [0.1, 0.15) is 5.75 Å². The molecule has 0 saturated heterocycles. The van der Waals surface area contributed by atoms with Crippen LogP contribution in [0.3, 0.4) is 0 Å². The van der Waals surface area contributed by atoms with Gasteiger partial charge in [-0.25, -0.2) is 0 Å². The molecule has 1 amide bonds. The van der Waals surface area contributed by atoms with E-state index < -0.39 is 5.76 Å². The van der Waals surface area contributed by atoms with Gasteiger partial charge in [-0.2, -0.15) is 8.78 Å². The van der Waals surface area contributed by atoms with Gasteiger partial charge in [0.25, 0.3) is 5.76 Å². The van der Waals surface area contributed by atoms with E-state index in [0.29, 0.717) is 33.8 Å². The second kappa shape index (κ2) is 8.54. The minimum atomic E-state index is -2.54. The van der Waals surface area contributed by atoms with Gasteiger partial charge in [0.2, 0.25) is 5.91 Å². The molecule has 24 heavy (non-hydrogen) atoms. The van der Waals surface area contributed by atoms with Gasteiger partial charge < -0.3 is 15.4 Å².